The summed E-state index contributed by atoms with van der Waals surface area (Å²) in [5.41, 5.74) is 0.493. The third-order valence-corrected chi connectivity index (χ3v) is 10.6. The fourth-order valence-electron chi connectivity index (χ4n) is 8.45. The quantitative estimate of drug-likeness (QED) is 0.582. The smallest absolute Gasteiger partial charge is 0.184 e. The number of fused-ring (bicyclic) bond motifs is 6. The summed E-state index contributed by atoms with van der Waals surface area (Å²) in [6.45, 7) is 12.1. The summed E-state index contributed by atoms with van der Waals surface area (Å²) in [5, 5.41) is 0. The fourth-order valence-corrected chi connectivity index (χ4v) is 9.60. The molecule has 9 atom stereocenters. The van der Waals surface area contributed by atoms with E-state index in [9.17, 15) is 4.79 Å². The van der Waals surface area contributed by atoms with E-state index in [1.807, 2.05) is 0 Å². The van der Waals surface area contributed by atoms with Gasteiger partial charge in [-0.15, -0.1) is 0 Å². The molecule has 0 amide bonds. The summed E-state index contributed by atoms with van der Waals surface area (Å²) in [7, 11) is -1.50. The molecular formula is C23H38O2Si. The molecule has 0 heterocycles. The molecular weight excluding hydrogens is 336 g/mol. The molecule has 0 aromatic carbocycles. The predicted octanol–water partition coefficient (Wildman–Crippen LogP) is 5.67. The van der Waals surface area contributed by atoms with Crippen LogP contribution in [0.2, 0.25) is 19.6 Å². The molecule has 0 aromatic heterocycles. The van der Waals surface area contributed by atoms with Gasteiger partial charge in [-0.3, -0.25) is 4.79 Å². The van der Waals surface area contributed by atoms with Crippen molar-refractivity contribution >= 4 is 14.1 Å². The fraction of sp³-hybridized carbons (Fsp3) is 0.957. The minimum absolute atomic E-state index is 0.0232. The molecule has 5 saturated carbocycles. The van der Waals surface area contributed by atoms with Gasteiger partial charge in [-0.05, 0) is 106 Å². The van der Waals surface area contributed by atoms with Gasteiger partial charge in [0.2, 0.25) is 0 Å². The molecule has 5 fully saturated rings. The molecule has 0 spiro atoms. The number of ketones is 1. The standard InChI is InChI=1S/C23H38O2Si/c1-22-11-10-18-15(17(22)8-9-20(22)24)6-7-19-21(25-26(3,4)5)16-12-14(16)13-23(18,19)2/h14-19,21H,6-13H2,1-5H3/t14-,15?,16-,17?,18?,19+,21-,22+,23-/m1/s1. The zero-order valence-corrected chi connectivity index (χ0v) is 18.5. The van der Waals surface area contributed by atoms with Crippen LogP contribution in [-0.4, -0.2) is 20.2 Å². The highest BCUT2D eigenvalue weighted by atomic mass is 28.4. The lowest BCUT2D eigenvalue weighted by Crippen LogP contribution is -2.57. The second kappa shape index (κ2) is 5.47. The zero-order chi connectivity index (χ0) is 18.5. The van der Waals surface area contributed by atoms with E-state index in [4.69, 9.17) is 4.43 Å². The van der Waals surface area contributed by atoms with Crippen molar-refractivity contribution in [3.63, 3.8) is 0 Å². The van der Waals surface area contributed by atoms with Crippen LogP contribution in [0.4, 0.5) is 0 Å². The van der Waals surface area contributed by atoms with Gasteiger partial charge >= 0.3 is 0 Å². The SMILES string of the molecule is C[C@]12CCC3C(CC[C@H]4[C@H](O[Si](C)(C)C)[C@@H]5C[C@@H]5C[C@]34C)C1CCC2=O. The molecule has 0 N–H and O–H groups in total. The molecule has 2 nitrogen and oxygen atoms in total. The van der Waals surface area contributed by atoms with Gasteiger partial charge in [0.05, 0.1) is 6.10 Å². The van der Waals surface area contributed by atoms with Crippen LogP contribution in [0.5, 0.6) is 0 Å². The topological polar surface area (TPSA) is 26.3 Å². The van der Waals surface area contributed by atoms with Gasteiger partial charge in [0, 0.05) is 11.8 Å². The average Bonchev–Trinajstić information content (AvgIpc) is 3.23. The number of carbonyl (C=O) groups excluding carboxylic acids is 1. The number of hydrogen-bond donors (Lipinski definition) is 0. The summed E-state index contributed by atoms with van der Waals surface area (Å²) in [6.07, 6.45) is 10.6. The summed E-state index contributed by atoms with van der Waals surface area (Å²) in [4.78, 5) is 12.6. The Labute approximate surface area is 161 Å². The van der Waals surface area contributed by atoms with Crippen molar-refractivity contribution in [1.29, 1.82) is 0 Å². The minimum Gasteiger partial charge on any atom is -0.414 e. The van der Waals surface area contributed by atoms with E-state index >= 15 is 0 Å². The summed E-state index contributed by atoms with van der Waals surface area (Å²) in [5.74, 6) is 5.51. The summed E-state index contributed by atoms with van der Waals surface area (Å²) >= 11 is 0. The Kier molecular flexibility index (Phi) is 3.77. The van der Waals surface area contributed by atoms with Crippen LogP contribution in [-0.2, 0) is 9.22 Å². The van der Waals surface area contributed by atoms with Crippen molar-refractivity contribution < 1.29 is 9.22 Å². The van der Waals surface area contributed by atoms with Gasteiger partial charge in [0.1, 0.15) is 5.78 Å². The normalized spacial score (nSPS) is 55.6. The van der Waals surface area contributed by atoms with Crippen LogP contribution in [0.1, 0.15) is 65.2 Å². The van der Waals surface area contributed by atoms with E-state index in [1.54, 1.807) is 0 Å². The third kappa shape index (κ3) is 2.41. The maximum Gasteiger partial charge on any atom is 0.184 e. The second-order valence-corrected chi connectivity index (χ2v) is 16.5. The number of Topliss-reactive ketones (excluding diaryl/α,β-unsaturated/α-hetero) is 1. The van der Waals surface area contributed by atoms with E-state index < -0.39 is 8.32 Å². The molecule has 5 aliphatic carbocycles. The van der Waals surface area contributed by atoms with E-state index in [2.05, 4.69) is 33.5 Å². The van der Waals surface area contributed by atoms with Gasteiger partial charge in [-0.2, -0.15) is 0 Å². The van der Waals surface area contributed by atoms with Crippen molar-refractivity contribution in [3.8, 4) is 0 Å². The maximum atomic E-state index is 12.6. The van der Waals surface area contributed by atoms with Gasteiger partial charge in [-0.25, -0.2) is 0 Å². The van der Waals surface area contributed by atoms with E-state index in [1.165, 1.54) is 38.5 Å². The Balaban J connectivity index is 1.45. The molecule has 0 aliphatic heterocycles. The Morgan fingerprint density at radius 1 is 0.962 bits per heavy atom. The largest absolute Gasteiger partial charge is 0.414 e. The van der Waals surface area contributed by atoms with Crippen molar-refractivity contribution in [2.75, 3.05) is 0 Å². The van der Waals surface area contributed by atoms with E-state index in [0.29, 0.717) is 23.2 Å². The van der Waals surface area contributed by atoms with Crippen molar-refractivity contribution in [3.05, 3.63) is 0 Å². The Morgan fingerprint density at radius 2 is 1.73 bits per heavy atom. The highest BCUT2D eigenvalue weighted by molar-refractivity contribution is 6.69. The Hall–Kier alpha value is -0.153. The van der Waals surface area contributed by atoms with Gasteiger partial charge < -0.3 is 4.43 Å². The Morgan fingerprint density at radius 3 is 2.46 bits per heavy atom. The van der Waals surface area contributed by atoms with Crippen molar-refractivity contribution in [2.45, 2.75) is 91.0 Å². The van der Waals surface area contributed by atoms with Crippen LogP contribution in [0.15, 0.2) is 0 Å². The summed E-state index contributed by atoms with van der Waals surface area (Å²) < 4.78 is 6.86. The number of rotatable bonds is 2. The lowest BCUT2D eigenvalue weighted by molar-refractivity contribution is -0.149. The third-order valence-electron chi connectivity index (χ3n) is 9.64. The molecule has 3 heteroatoms. The van der Waals surface area contributed by atoms with Gasteiger partial charge in [0.25, 0.3) is 0 Å². The van der Waals surface area contributed by atoms with Crippen molar-refractivity contribution in [1.82, 2.24) is 0 Å². The van der Waals surface area contributed by atoms with E-state index in [-0.39, 0.29) is 5.41 Å². The first-order valence-corrected chi connectivity index (χ1v) is 14.8. The summed E-state index contributed by atoms with van der Waals surface area (Å²) in [6, 6.07) is 0. The van der Waals surface area contributed by atoms with Gasteiger partial charge in [-0.1, -0.05) is 13.8 Å². The monoisotopic (exact) mass is 374 g/mol. The molecule has 26 heavy (non-hydrogen) atoms. The van der Waals surface area contributed by atoms with Crippen LogP contribution in [0.25, 0.3) is 0 Å². The first-order chi connectivity index (χ1) is 12.1. The average molecular weight is 375 g/mol. The maximum absolute atomic E-state index is 12.6. The number of hydrogen-bond acceptors (Lipinski definition) is 2. The lowest BCUT2D eigenvalue weighted by atomic mass is 9.45. The van der Waals surface area contributed by atoms with Crippen molar-refractivity contribution in [2.24, 2.45) is 46.3 Å². The van der Waals surface area contributed by atoms with Crippen LogP contribution in [0.3, 0.4) is 0 Å². The lowest BCUT2D eigenvalue weighted by Gasteiger charge is -2.61. The first kappa shape index (κ1) is 17.9. The van der Waals surface area contributed by atoms with Crippen LogP contribution in [0, 0.1) is 46.3 Å². The predicted molar refractivity (Wildman–Crippen MR) is 107 cm³/mol. The number of carbonyl (C=O) groups is 1. The molecule has 0 radical (unpaired) electrons. The highest BCUT2D eigenvalue weighted by Gasteiger charge is 2.66. The molecule has 0 saturated heterocycles. The molecule has 146 valence electrons. The molecule has 3 unspecified atom stereocenters. The van der Waals surface area contributed by atoms with E-state index in [0.717, 1.165) is 42.4 Å². The van der Waals surface area contributed by atoms with Crippen LogP contribution >= 0.6 is 0 Å². The molecule has 5 aliphatic rings. The second-order valence-electron chi connectivity index (χ2n) is 12.0. The van der Waals surface area contributed by atoms with Gasteiger partial charge in [0.15, 0.2) is 8.32 Å². The molecule has 0 bridgehead atoms. The highest BCUT2D eigenvalue weighted by Crippen LogP contribution is 2.70. The Bertz CT molecular complexity index is 624. The zero-order valence-electron chi connectivity index (χ0n) is 17.5. The minimum atomic E-state index is -1.50. The first-order valence-electron chi connectivity index (χ1n) is 11.3. The molecule has 0 aromatic rings. The molecule has 5 rings (SSSR count). The van der Waals surface area contributed by atoms with Crippen LogP contribution < -0.4 is 0 Å².